The molecule has 0 spiro atoms. The maximum absolute atomic E-state index is 13.2. The Hall–Kier alpha value is -2.40. The van der Waals surface area contributed by atoms with E-state index in [0.29, 0.717) is 29.4 Å². The first-order valence-corrected chi connectivity index (χ1v) is 12.7. The summed E-state index contributed by atoms with van der Waals surface area (Å²) >= 11 is 0. The number of carbonyl (C=O) groups is 2. The Kier molecular flexibility index (Phi) is 6.42. The van der Waals surface area contributed by atoms with Crippen LogP contribution in [0.25, 0.3) is 0 Å². The largest absolute Gasteiger partial charge is 0.493 e. The molecule has 1 aromatic rings. The highest BCUT2D eigenvalue weighted by Gasteiger charge is 2.50. The molecular weight excluding hydrogens is 414 g/mol. The van der Waals surface area contributed by atoms with Crippen molar-refractivity contribution in [2.75, 3.05) is 13.2 Å². The zero-order valence-corrected chi connectivity index (χ0v) is 19.5. The molecule has 5 nitrogen and oxygen atoms in total. The first kappa shape index (κ1) is 22.4. The number of amides is 2. The molecule has 0 bridgehead atoms. The van der Waals surface area contributed by atoms with Crippen molar-refractivity contribution in [1.82, 2.24) is 4.90 Å². The summed E-state index contributed by atoms with van der Waals surface area (Å²) < 4.78 is 6.07. The highest BCUT2D eigenvalue weighted by Crippen LogP contribution is 2.51. The van der Waals surface area contributed by atoms with Crippen molar-refractivity contribution in [3.63, 3.8) is 0 Å². The first-order chi connectivity index (χ1) is 16.1. The minimum atomic E-state index is -0.765. The molecule has 1 N–H and O–H groups in total. The molecule has 1 aromatic carbocycles. The number of benzene rings is 1. The molecule has 1 heterocycles. The van der Waals surface area contributed by atoms with Gasteiger partial charge in [-0.3, -0.25) is 14.5 Å². The highest BCUT2D eigenvalue weighted by atomic mass is 16.5. The maximum Gasteiger partial charge on any atom is 0.261 e. The number of fused-ring (bicyclic) bond motifs is 2. The Balaban J connectivity index is 1.25. The van der Waals surface area contributed by atoms with Gasteiger partial charge < -0.3 is 9.84 Å². The Bertz CT molecular complexity index is 974. The van der Waals surface area contributed by atoms with Gasteiger partial charge in [-0.25, -0.2) is 0 Å². The van der Waals surface area contributed by atoms with Crippen LogP contribution < -0.4 is 4.74 Å². The summed E-state index contributed by atoms with van der Waals surface area (Å²) in [5, 5.41) is 11.2. The standard InChI is InChI=1S/C28H35NO4/c1-2-19(16-29-27(31)23-13-7-10-20-15-24(20)25(23)28(29)32)26(30)21-11-6-12-22(14-21)33-17-18-8-4-3-5-9-18/h6-7,11-14,18-20,24,26,30H,2-5,8-10,15-17H2,1H3/t19-,20?,24?,26-/m0/s1. The van der Waals surface area contributed by atoms with Gasteiger partial charge in [-0.2, -0.15) is 0 Å². The number of hydrogen-bond donors (Lipinski definition) is 1. The van der Waals surface area contributed by atoms with Crippen molar-refractivity contribution in [2.45, 2.75) is 64.4 Å². The molecule has 2 fully saturated rings. The van der Waals surface area contributed by atoms with Crippen molar-refractivity contribution >= 4 is 11.8 Å². The van der Waals surface area contributed by atoms with Gasteiger partial charge in [0, 0.05) is 23.6 Å². The number of hydrogen-bond acceptors (Lipinski definition) is 4. The van der Waals surface area contributed by atoms with E-state index >= 15 is 0 Å². The van der Waals surface area contributed by atoms with Crippen LogP contribution in [0.1, 0.15) is 70.0 Å². The first-order valence-electron chi connectivity index (χ1n) is 12.7. The molecule has 2 saturated carbocycles. The van der Waals surface area contributed by atoms with E-state index < -0.39 is 6.10 Å². The zero-order chi connectivity index (χ0) is 22.9. The summed E-state index contributed by atoms with van der Waals surface area (Å²) in [6.45, 7) is 2.96. The molecule has 176 valence electrons. The predicted octanol–water partition coefficient (Wildman–Crippen LogP) is 4.97. The van der Waals surface area contributed by atoms with Gasteiger partial charge in [0.2, 0.25) is 0 Å². The monoisotopic (exact) mass is 449 g/mol. The third-order valence-corrected chi connectivity index (χ3v) is 8.06. The fourth-order valence-electron chi connectivity index (χ4n) is 5.84. The third-order valence-electron chi connectivity index (χ3n) is 8.06. The summed E-state index contributed by atoms with van der Waals surface area (Å²) in [6, 6.07) is 7.66. The Morgan fingerprint density at radius 2 is 1.97 bits per heavy atom. The molecule has 3 aliphatic carbocycles. The highest BCUT2D eigenvalue weighted by molar-refractivity contribution is 6.21. The molecule has 0 aromatic heterocycles. The topological polar surface area (TPSA) is 66.8 Å². The Morgan fingerprint density at radius 3 is 2.76 bits per heavy atom. The third kappa shape index (κ3) is 4.52. The summed E-state index contributed by atoms with van der Waals surface area (Å²) in [5.74, 6) is 1.56. The molecule has 2 amide bonds. The second-order valence-electron chi connectivity index (χ2n) is 10.3. The average molecular weight is 450 g/mol. The summed E-state index contributed by atoms with van der Waals surface area (Å²) in [4.78, 5) is 27.6. The van der Waals surface area contributed by atoms with Gasteiger partial charge in [0.05, 0.1) is 12.7 Å². The van der Waals surface area contributed by atoms with Gasteiger partial charge in [-0.1, -0.05) is 50.5 Å². The van der Waals surface area contributed by atoms with Gasteiger partial charge in [0.1, 0.15) is 5.75 Å². The summed E-state index contributed by atoms with van der Waals surface area (Å²) in [6.07, 6.45) is 12.1. The molecule has 33 heavy (non-hydrogen) atoms. The SMILES string of the molecule is CC[C@@H](CN1C(=O)C2=C(C1=O)C1CC1CC=C2)[C@H](O)c1cccc(OCC2CCCCC2)c1. The van der Waals surface area contributed by atoms with Crippen molar-refractivity contribution < 1.29 is 19.4 Å². The fraction of sp³-hybridized carbons (Fsp3) is 0.571. The normalized spacial score (nSPS) is 26.7. The van der Waals surface area contributed by atoms with Gasteiger partial charge in [0.15, 0.2) is 0 Å². The lowest BCUT2D eigenvalue weighted by atomic mass is 9.90. The lowest BCUT2D eigenvalue weighted by Gasteiger charge is -2.27. The van der Waals surface area contributed by atoms with E-state index in [-0.39, 0.29) is 30.2 Å². The molecular formula is C28H35NO4. The molecule has 5 heteroatoms. The lowest BCUT2D eigenvalue weighted by molar-refractivity contribution is -0.139. The quantitative estimate of drug-likeness (QED) is 0.569. The van der Waals surface area contributed by atoms with E-state index in [4.69, 9.17) is 4.74 Å². The van der Waals surface area contributed by atoms with Crippen LogP contribution >= 0.6 is 0 Å². The lowest BCUT2D eigenvalue weighted by Crippen LogP contribution is -2.38. The summed E-state index contributed by atoms with van der Waals surface area (Å²) in [7, 11) is 0. The van der Waals surface area contributed by atoms with E-state index in [2.05, 4.69) is 0 Å². The molecule has 2 unspecified atom stereocenters. The van der Waals surface area contributed by atoms with Crippen molar-refractivity contribution in [3.8, 4) is 5.75 Å². The minimum Gasteiger partial charge on any atom is -0.493 e. The van der Waals surface area contributed by atoms with Gasteiger partial charge in [-0.15, -0.1) is 0 Å². The van der Waals surface area contributed by atoms with Gasteiger partial charge in [0.25, 0.3) is 11.8 Å². The van der Waals surface area contributed by atoms with Crippen LogP contribution in [-0.4, -0.2) is 35.0 Å². The molecule has 0 saturated heterocycles. The smallest absolute Gasteiger partial charge is 0.261 e. The molecule has 0 radical (unpaired) electrons. The van der Waals surface area contributed by atoms with Crippen LogP contribution in [-0.2, 0) is 9.59 Å². The maximum atomic E-state index is 13.2. The second kappa shape index (κ2) is 9.46. The minimum absolute atomic E-state index is 0.149. The predicted molar refractivity (Wildman–Crippen MR) is 126 cm³/mol. The molecule has 5 rings (SSSR count). The van der Waals surface area contributed by atoms with E-state index in [1.165, 1.54) is 37.0 Å². The number of imide groups is 1. The van der Waals surface area contributed by atoms with E-state index in [9.17, 15) is 14.7 Å². The van der Waals surface area contributed by atoms with Crippen LogP contribution in [0.2, 0.25) is 0 Å². The fourth-order valence-corrected chi connectivity index (χ4v) is 5.84. The number of ether oxygens (including phenoxy) is 1. The number of nitrogens with zero attached hydrogens (tertiary/aromatic N) is 1. The molecule has 4 atom stereocenters. The molecule has 4 aliphatic rings. The van der Waals surface area contributed by atoms with E-state index in [1.807, 2.05) is 43.3 Å². The number of aliphatic hydroxyl groups is 1. The average Bonchev–Trinajstić information content (AvgIpc) is 3.59. The van der Waals surface area contributed by atoms with Crippen molar-refractivity contribution in [1.29, 1.82) is 0 Å². The number of rotatable bonds is 8. The number of aliphatic hydroxyl groups excluding tert-OH is 1. The van der Waals surface area contributed by atoms with E-state index in [1.54, 1.807) is 0 Å². The van der Waals surface area contributed by atoms with Gasteiger partial charge in [-0.05, 0) is 67.6 Å². The van der Waals surface area contributed by atoms with E-state index in [0.717, 1.165) is 30.8 Å². The number of carbonyl (C=O) groups excluding carboxylic acids is 2. The summed E-state index contributed by atoms with van der Waals surface area (Å²) in [5.41, 5.74) is 2.06. The second-order valence-corrected chi connectivity index (χ2v) is 10.3. The molecule has 1 aliphatic heterocycles. The van der Waals surface area contributed by atoms with Crippen LogP contribution in [0.5, 0.6) is 5.75 Å². The van der Waals surface area contributed by atoms with Crippen LogP contribution in [0, 0.1) is 23.7 Å². The van der Waals surface area contributed by atoms with Crippen molar-refractivity contribution in [2.24, 2.45) is 23.7 Å². The van der Waals surface area contributed by atoms with Crippen LogP contribution in [0.4, 0.5) is 0 Å². The van der Waals surface area contributed by atoms with Gasteiger partial charge >= 0.3 is 0 Å². The van der Waals surface area contributed by atoms with Crippen LogP contribution in [0.3, 0.4) is 0 Å². The van der Waals surface area contributed by atoms with Crippen molar-refractivity contribution in [3.05, 3.63) is 53.1 Å². The van der Waals surface area contributed by atoms with Crippen LogP contribution in [0.15, 0.2) is 47.6 Å². The Morgan fingerprint density at radius 1 is 1.15 bits per heavy atom. The number of allylic oxidation sites excluding steroid dienone is 1. The zero-order valence-electron chi connectivity index (χ0n) is 19.5. The Labute approximate surface area is 196 Å².